The van der Waals surface area contributed by atoms with Crippen molar-refractivity contribution in [1.29, 1.82) is 0 Å². The maximum absolute atomic E-state index is 12.1. The molecule has 186 valence electrons. The SMILES string of the molecule is C[C@@H](C[C@H](CCc1ccccc1)O[Si](C)(C)C(C)(C)C)N(C)/C=N/C(=O)OCc1ccccc1. The number of amides is 1. The van der Waals surface area contributed by atoms with Crippen LogP contribution in [0.4, 0.5) is 4.79 Å². The van der Waals surface area contributed by atoms with Crippen LogP contribution < -0.4 is 0 Å². The summed E-state index contributed by atoms with van der Waals surface area (Å²) >= 11 is 0. The lowest BCUT2D eigenvalue weighted by Gasteiger charge is -2.40. The molecular formula is C28H42N2O3Si. The van der Waals surface area contributed by atoms with Crippen LogP contribution >= 0.6 is 0 Å². The predicted molar refractivity (Wildman–Crippen MR) is 144 cm³/mol. The van der Waals surface area contributed by atoms with E-state index in [0.29, 0.717) is 0 Å². The molecule has 0 aliphatic heterocycles. The molecular weight excluding hydrogens is 440 g/mol. The summed E-state index contributed by atoms with van der Waals surface area (Å²) in [6, 6.07) is 20.3. The van der Waals surface area contributed by atoms with Gasteiger partial charge in [-0.3, -0.25) is 0 Å². The molecule has 0 radical (unpaired) electrons. The molecule has 2 atom stereocenters. The van der Waals surface area contributed by atoms with Crippen LogP contribution in [0.5, 0.6) is 0 Å². The zero-order chi connectivity index (χ0) is 25.2. The molecule has 0 spiro atoms. The van der Waals surface area contributed by atoms with E-state index >= 15 is 0 Å². The molecule has 0 unspecified atom stereocenters. The van der Waals surface area contributed by atoms with Crippen LogP contribution in [0.3, 0.4) is 0 Å². The lowest BCUT2D eigenvalue weighted by atomic mass is 10.0. The van der Waals surface area contributed by atoms with Crippen molar-refractivity contribution in [2.24, 2.45) is 4.99 Å². The van der Waals surface area contributed by atoms with Gasteiger partial charge in [0.05, 0.1) is 6.34 Å². The zero-order valence-electron chi connectivity index (χ0n) is 22.0. The van der Waals surface area contributed by atoms with Gasteiger partial charge in [0.1, 0.15) is 6.61 Å². The van der Waals surface area contributed by atoms with Crippen molar-refractivity contribution >= 4 is 20.7 Å². The topological polar surface area (TPSA) is 51.1 Å². The van der Waals surface area contributed by atoms with Gasteiger partial charge in [0.25, 0.3) is 0 Å². The molecule has 0 saturated carbocycles. The standard InChI is InChI=1S/C28H42N2O3Si/c1-23(30(5)22-29-27(31)32-21-25-16-12-9-13-17-25)20-26(33-34(6,7)28(2,3)4)19-18-24-14-10-8-11-15-24/h8-17,22-23,26H,18-21H2,1-7H3/b29-22+/t23-,26-/m0/s1. The first-order chi connectivity index (χ1) is 16.0. The molecule has 0 aliphatic rings. The molecule has 1 amide bonds. The van der Waals surface area contributed by atoms with Gasteiger partial charge in [-0.05, 0) is 55.4 Å². The number of ether oxygens (including phenoxy) is 1. The molecule has 0 aliphatic carbocycles. The molecule has 2 aromatic rings. The second-order valence-corrected chi connectivity index (χ2v) is 15.3. The van der Waals surface area contributed by atoms with Gasteiger partial charge in [0, 0.05) is 19.2 Å². The molecule has 2 rings (SSSR count). The van der Waals surface area contributed by atoms with E-state index in [1.807, 2.05) is 48.3 Å². The lowest BCUT2D eigenvalue weighted by Crippen LogP contribution is -2.45. The van der Waals surface area contributed by atoms with Crippen LogP contribution in [0.1, 0.15) is 51.7 Å². The van der Waals surface area contributed by atoms with Crippen LogP contribution in [0.2, 0.25) is 18.1 Å². The van der Waals surface area contributed by atoms with Crippen molar-refractivity contribution in [3.05, 3.63) is 71.8 Å². The monoisotopic (exact) mass is 482 g/mol. The molecule has 6 heteroatoms. The fourth-order valence-corrected chi connectivity index (χ4v) is 4.75. The maximum Gasteiger partial charge on any atom is 0.435 e. The highest BCUT2D eigenvalue weighted by molar-refractivity contribution is 6.74. The number of hydrogen-bond donors (Lipinski definition) is 0. The van der Waals surface area contributed by atoms with E-state index in [4.69, 9.17) is 9.16 Å². The number of aliphatic imine (C=N–C) groups is 1. The average Bonchev–Trinajstić information content (AvgIpc) is 2.80. The van der Waals surface area contributed by atoms with Crippen molar-refractivity contribution in [3.8, 4) is 0 Å². The number of carbonyl (C=O) groups excluding carboxylic acids is 1. The maximum atomic E-state index is 12.1. The van der Waals surface area contributed by atoms with Gasteiger partial charge in [-0.2, -0.15) is 4.99 Å². The molecule has 0 N–H and O–H groups in total. The number of carbonyl (C=O) groups is 1. The fourth-order valence-electron chi connectivity index (χ4n) is 3.35. The fraction of sp³-hybridized carbons (Fsp3) is 0.500. The average molecular weight is 483 g/mol. The van der Waals surface area contributed by atoms with Gasteiger partial charge in [0.2, 0.25) is 0 Å². The van der Waals surface area contributed by atoms with E-state index in [9.17, 15) is 4.79 Å². The molecule has 34 heavy (non-hydrogen) atoms. The van der Waals surface area contributed by atoms with E-state index in [2.05, 4.69) is 70.0 Å². The van der Waals surface area contributed by atoms with E-state index < -0.39 is 14.4 Å². The number of rotatable bonds is 11. The highest BCUT2D eigenvalue weighted by Gasteiger charge is 2.39. The molecule has 0 bridgehead atoms. The highest BCUT2D eigenvalue weighted by atomic mass is 28.4. The smallest absolute Gasteiger partial charge is 0.435 e. The van der Waals surface area contributed by atoms with Gasteiger partial charge in [-0.15, -0.1) is 0 Å². The minimum atomic E-state index is -1.91. The van der Waals surface area contributed by atoms with Crippen LogP contribution in [0, 0.1) is 0 Å². The van der Waals surface area contributed by atoms with Gasteiger partial charge in [-0.1, -0.05) is 81.4 Å². The second kappa shape index (κ2) is 12.9. The van der Waals surface area contributed by atoms with Crippen LogP contribution in [0.25, 0.3) is 0 Å². The Balaban J connectivity index is 1.96. The summed E-state index contributed by atoms with van der Waals surface area (Å²) in [6.45, 7) is 13.8. The first kappa shape index (κ1) is 27.8. The largest absolute Gasteiger partial charge is 0.443 e. The van der Waals surface area contributed by atoms with Crippen molar-refractivity contribution < 1.29 is 14.0 Å². The first-order valence-electron chi connectivity index (χ1n) is 12.2. The number of nitrogens with zero attached hydrogens (tertiary/aromatic N) is 2. The van der Waals surface area contributed by atoms with Crippen LogP contribution in [-0.4, -0.2) is 44.8 Å². The van der Waals surface area contributed by atoms with Gasteiger partial charge < -0.3 is 14.1 Å². The van der Waals surface area contributed by atoms with Gasteiger partial charge in [-0.25, -0.2) is 4.79 Å². The molecule has 0 saturated heterocycles. The minimum absolute atomic E-state index is 0.136. The Kier molecular flexibility index (Phi) is 10.5. The number of hydrogen-bond acceptors (Lipinski definition) is 3. The summed E-state index contributed by atoms with van der Waals surface area (Å²) in [5.74, 6) is 0. The number of aryl methyl sites for hydroxylation is 1. The second-order valence-electron chi connectivity index (χ2n) is 10.6. The molecule has 0 heterocycles. The van der Waals surface area contributed by atoms with Gasteiger partial charge in [0.15, 0.2) is 8.32 Å². The van der Waals surface area contributed by atoms with Crippen molar-refractivity contribution in [1.82, 2.24) is 4.90 Å². The summed E-state index contributed by atoms with van der Waals surface area (Å²) in [5.41, 5.74) is 2.27. The summed E-state index contributed by atoms with van der Waals surface area (Å²) in [6.07, 6.45) is 3.93. The third-order valence-electron chi connectivity index (χ3n) is 6.71. The summed E-state index contributed by atoms with van der Waals surface area (Å²) in [4.78, 5) is 18.0. The Hall–Kier alpha value is -2.44. The van der Waals surface area contributed by atoms with E-state index in [1.54, 1.807) is 6.34 Å². The van der Waals surface area contributed by atoms with Crippen LogP contribution in [0.15, 0.2) is 65.7 Å². The Morgan fingerprint density at radius 2 is 1.59 bits per heavy atom. The predicted octanol–water partition coefficient (Wildman–Crippen LogP) is 7.09. The molecule has 0 aromatic heterocycles. The first-order valence-corrected chi connectivity index (χ1v) is 15.1. The molecule has 2 aromatic carbocycles. The highest BCUT2D eigenvalue weighted by Crippen LogP contribution is 2.38. The van der Waals surface area contributed by atoms with Crippen molar-refractivity contribution in [3.63, 3.8) is 0 Å². The summed E-state index contributed by atoms with van der Waals surface area (Å²) in [5, 5.41) is 0.150. The van der Waals surface area contributed by atoms with E-state index in [1.165, 1.54) is 5.56 Å². The van der Waals surface area contributed by atoms with E-state index in [0.717, 1.165) is 24.8 Å². The molecule has 0 fully saturated rings. The lowest BCUT2D eigenvalue weighted by molar-refractivity contribution is 0.137. The third kappa shape index (κ3) is 9.43. The summed E-state index contributed by atoms with van der Waals surface area (Å²) < 4.78 is 12.1. The normalized spacial score (nSPS) is 14.1. The Morgan fingerprint density at radius 3 is 2.15 bits per heavy atom. The third-order valence-corrected chi connectivity index (χ3v) is 11.2. The minimum Gasteiger partial charge on any atom is -0.443 e. The Labute approximate surface area is 207 Å². The Bertz CT molecular complexity index is 895. The van der Waals surface area contributed by atoms with Crippen molar-refractivity contribution in [2.45, 2.75) is 83.8 Å². The quantitative estimate of drug-likeness (QED) is 0.195. The molecule has 5 nitrogen and oxygen atoms in total. The number of benzene rings is 2. The van der Waals surface area contributed by atoms with Gasteiger partial charge >= 0.3 is 6.09 Å². The summed E-state index contributed by atoms with van der Waals surface area (Å²) in [7, 11) is 0.0303. The van der Waals surface area contributed by atoms with Crippen LogP contribution in [-0.2, 0) is 22.2 Å². The van der Waals surface area contributed by atoms with Crippen molar-refractivity contribution in [2.75, 3.05) is 7.05 Å². The Morgan fingerprint density at radius 1 is 1.03 bits per heavy atom. The van der Waals surface area contributed by atoms with E-state index in [-0.39, 0.29) is 23.8 Å². The zero-order valence-corrected chi connectivity index (χ0v) is 23.0.